The number of hydrogen-bond donors (Lipinski definition) is 3. The molecule has 1 fully saturated rings. The Bertz CT molecular complexity index is 479. The van der Waals surface area contributed by atoms with Gasteiger partial charge in [-0.1, -0.05) is 0 Å². The van der Waals surface area contributed by atoms with Crippen molar-refractivity contribution in [2.75, 3.05) is 13.2 Å². The number of hydrogen-bond acceptors (Lipinski definition) is 4. The maximum absolute atomic E-state index is 12.1. The minimum atomic E-state index is -0.520. The van der Waals surface area contributed by atoms with Crippen LogP contribution in [-0.4, -0.2) is 45.2 Å². The SMILES string of the molecule is O=C(c1cc(O)[nH]c(=O)c1)N(CCO)C1CC1. The number of carbonyl (C=O) groups excluding carboxylic acids is 1. The summed E-state index contributed by atoms with van der Waals surface area (Å²) in [5.74, 6) is -0.663. The predicted octanol–water partition coefficient (Wildman–Crippen LogP) is -0.323. The monoisotopic (exact) mass is 238 g/mol. The molecule has 3 N–H and O–H groups in total. The molecule has 6 heteroatoms. The first-order valence-corrected chi connectivity index (χ1v) is 5.47. The number of carbonyl (C=O) groups is 1. The van der Waals surface area contributed by atoms with Crippen LogP contribution >= 0.6 is 0 Å². The fourth-order valence-electron chi connectivity index (χ4n) is 1.76. The van der Waals surface area contributed by atoms with Crippen molar-refractivity contribution in [3.8, 4) is 5.88 Å². The highest BCUT2D eigenvalue weighted by molar-refractivity contribution is 5.94. The zero-order chi connectivity index (χ0) is 12.4. The van der Waals surface area contributed by atoms with Crippen LogP contribution in [0.25, 0.3) is 0 Å². The molecule has 1 aromatic rings. The van der Waals surface area contributed by atoms with E-state index in [0.717, 1.165) is 18.9 Å². The molecule has 0 bridgehead atoms. The Kier molecular flexibility index (Phi) is 3.14. The number of aromatic hydroxyl groups is 1. The lowest BCUT2D eigenvalue weighted by molar-refractivity contribution is 0.0707. The Morgan fingerprint density at radius 2 is 2.18 bits per heavy atom. The zero-order valence-electron chi connectivity index (χ0n) is 9.22. The van der Waals surface area contributed by atoms with Crippen LogP contribution in [0.1, 0.15) is 23.2 Å². The summed E-state index contributed by atoms with van der Waals surface area (Å²) < 4.78 is 0. The molecule has 1 aromatic heterocycles. The third kappa shape index (κ3) is 2.65. The van der Waals surface area contributed by atoms with Crippen molar-refractivity contribution < 1.29 is 15.0 Å². The van der Waals surface area contributed by atoms with E-state index in [2.05, 4.69) is 4.98 Å². The van der Waals surface area contributed by atoms with Gasteiger partial charge in [-0.05, 0) is 12.8 Å². The number of aliphatic hydroxyl groups excluding tert-OH is 1. The van der Waals surface area contributed by atoms with Gasteiger partial charge < -0.3 is 15.1 Å². The van der Waals surface area contributed by atoms with Crippen LogP contribution in [0.4, 0.5) is 0 Å². The van der Waals surface area contributed by atoms with E-state index in [1.165, 1.54) is 11.0 Å². The number of amides is 1. The van der Waals surface area contributed by atoms with E-state index in [9.17, 15) is 14.7 Å². The maximum Gasteiger partial charge on any atom is 0.254 e. The molecule has 1 saturated carbocycles. The molecule has 0 saturated heterocycles. The first kappa shape index (κ1) is 11.7. The van der Waals surface area contributed by atoms with Gasteiger partial charge in [0, 0.05) is 24.7 Å². The second kappa shape index (κ2) is 4.58. The molecule has 92 valence electrons. The van der Waals surface area contributed by atoms with Crippen molar-refractivity contribution in [1.82, 2.24) is 9.88 Å². The summed E-state index contributed by atoms with van der Waals surface area (Å²) in [6, 6.07) is 2.52. The van der Waals surface area contributed by atoms with Crippen LogP contribution in [0.5, 0.6) is 5.88 Å². The predicted molar refractivity (Wildman–Crippen MR) is 59.9 cm³/mol. The highest BCUT2D eigenvalue weighted by atomic mass is 16.3. The van der Waals surface area contributed by atoms with Crippen molar-refractivity contribution in [3.05, 3.63) is 28.0 Å². The lowest BCUT2D eigenvalue weighted by atomic mass is 10.2. The van der Waals surface area contributed by atoms with Crippen LogP contribution in [0.2, 0.25) is 0 Å². The lowest BCUT2D eigenvalue weighted by Gasteiger charge is -2.21. The second-order valence-electron chi connectivity index (χ2n) is 4.07. The first-order valence-electron chi connectivity index (χ1n) is 5.47. The summed E-state index contributed by atoms with van der Waals surface area (Å²) in [5, 5.41) is 18.1. The average Bonchev–Trinajstić information content (AvgIpc) is 3.07. The zero-order valence-corrected chi connectivity index (χ0v) is 9.22. The third-order valence-corrected chi connectivity index (χ3v) is 2.67. The molecule has 0 atom stereocenters. The van der Waals surface area contributed by atoms with E-state index in [-0.39, 0.29) is 36.5 Å². The minimum absolute atomic E-state index is 0.114. The molecule has 1 aliphatic carbocycles. The molecule has 0 radical (unpaired) electrons. The first-order chi connectivity index (χ1) is 8.11. The molecular formula is C11H14N2O4. The Labute approximate surface area is 97.5 Å². The number of aromatic amines is 1. The molecule has 1 heterocycles. The van der Waals surface area contributed by atoms with Gasteiger partial charge in [0.25, 0.3) is 11.5 Å². The van der Waals surface area contributed by atoms with Gasteiger partial charge in [0.05, 0.1) is 12.2 Å². The van der Waals surface area contributed by atoms with Gasteiger partial charge in [0.2, 0.25) is 0 Å². The molecule has 0 aromatic carbocycles. The number of H-pyrrole nitrogens is 1. The molecule has 1 amide bonds. The standard InChI is InChI=1S/C11H14N2O4/c14-4-3-13(8-1-2-8)11(17)7-5-9(15)12-10(16)6-7/h5-6,8,14H,1-4H2,(H2,12,15,16). The number of nitrogens with one attached hydrogen (secondary N) is 1. The quantitative estimate of drug-likeness (QED) is 0.670. The fourth-order valence-corrected chi connectivity index (χ4v) is 1.76. The number of rotatable bonds is 4. The Balaban J connectivity index is 2.24. The summed E-state index contributed by atoms with van der Waals surface area (Å²) in [6.07, 6.45) is 1.84. The molecule has 2 rings (SSSR count). The van der Waals surface area contributed by atoms with Crippen molar-refractivity contribution in [2.45, 2.75) is 18.9 Å². The van der Waals surface area contributed by atoms with E-state index in [0.29, 0.717) is 0 Å². The molecular weight excluding hydrogens is 224 g/mol. The molecule has 6 nitrogen and oxygen atoms in total. The van der Waals surface area contributed by atoms with Crippen LogP contribution in [0.3, 0.4) is 0 Å². The molecule has 0 unspecified atom stereocenters. The summed E-state index contributed by atoms with van der Waals surface area (Å²) in [5.41, 5.74) is -0.375. The molecule has 0 spiro atoms. The normalized spacial score (nSPS) is 14.6. The van der Waals surface area contributed by atoms with Crippen LogP contribution in [-0.2, 0) is 0 Å². The molecule has 17 heavy (non-hydrogen) atoms. The number of pyridine rings is 1. The Hall–Kier alpha value is -1.82. The summed E-state index contributed by atoms with van der Waals surface area (Å²) in [6.45, 7) is 0.133. The second-order valence-corrected chi connectivity index (χ2v) is 4.07. The summed E-state index contributed by atoms with van der Waals surface area (Å²) in [4.78, 5) is 26.9. The number of aromatic nitrogens is 1. The number of aliphatic hydroxyl groups is 1. The Morgan fingerprint density at radius 3 is 2.71 bits per heavy atom. The highest BCUT2D eigenvalue weighted by Crippen LogP contribution is 2.27. The van der Waals surface area contributed by atoms with E-state index in [4.69, 9.17) is 5.11 Å². The van der Waals surface area contributed by atoms with Gasteiger partial charge in [0.15, 0.2) is 5.88 Å². The van der Waals surface area contributed by atoms with E-state index >= 15 is 0 Å². The van der Waals surface area contributed by atoms with Crippen molar-refractivity contribution >= 4 is 5.91 Å². The maximum atomic E-state index is 12.1. The third-order valence-electron chi connectivity index (χ3n) is 2.67. The van der Waals surface area contributed by atoms with Crippen molar-refractivity contribution in [2.24, 2.45) is 0 Å². The summed E-state index contributed by atoms with van der Waals surface area (Å²) >= 11 is 0. The van der Waals surface area contributed by atoms with E-state index in [1.807, 2.05) is 0 Å². The van der Waals surface area contributed by atoms with Crippen molar-refractivity contribution in [3.63, 3.8) is 0 Å². The van der Waals surface area contributed by atoms with Gasteiger partial charge in [-0.3, -0.25) is 14.6 Å². The van der Waals surface area contributed by atoms with Gasteiger partial charge >= 0.3 is 0 Å². The molecule has 0 aliphatic heterocycles. The summed E-state index contributed by atoms with van der Waals surface area (Å²) in [7, 11) is 0. The van der Waals surface area contributed by atoms with Gasteiger partial charge in [-0.25, -0.2) is 0 Å². The fraction of sp³-hybridized carbons (Fsp3) is 0.455. The van der Waals surface area contributed by atoms with Crippen LogP contribution in [0, 0.1) is 0 Å². The van der Waals surface area contributed by atoms with E-state index in [1.54, 1.807) is 0 Å². The van der Waals surface area contributed by atoms with Gasteiger partial charge in [-0.2, -0.15) is 0 Å². The van der Waals surface area contributed by atoms with Crippen LogP contribution in [0.15, 0.2) is 16.9 Å². The van der Waals surface area contributed by atoms with Crippen molar-refractivity contribution in [1.29, 1.82) is 0 Å². The highest BCUT2D eigenvalue weighted by Gasteiger charge is 2.32. The van der Waals surface area contributed by atoms with E-state index < -0.39 is 5.56 Å². The lowest BCUT2D eigenvalue weighted by Crippen LogP contribution is -2.36. The minimum Gasteiger partial charge on any atom is -0.494 e. The molecule has 1 aliphatic rings. The average molecular weight is 238 g/mol. The van der Waals surface area contributed by atoms with Crippen LogP contribution < -0.4 is 5.56 Å². The van der Waals surface area contributed by atoms with Gasteiger partial charge in [-0.15, -0.1) is 0 Å². The largest absolute Gasteiger partial charge is 0.494 e. The Morgan fingerprint density at radius 1 is 1.47 bits per heavy atom. The number of nitrogens with zero attached hydrogens (tertiary/aromatic N) is 1. The topological polar surface area (TPSA) is 93.6 Å². The smallest absolute Gasteiger partial charge is 0.254 e. The van der Waals surface area contributed by atoms with Gasteiger partial charge in [0.1, 0.15) is 0 Å².